The van der Waals surface area contributed by atoms with Gasteiger partial charge in [-0.1, -0.05) is 37.3 Å². The smallest absolute Gasteiger partial charge is 0.405 e. The highest BCUT2D eigenvalue weighted by atomic mass is 32.2. The molecule has 0 aliphatic rings. The molecule has 1 aromatic heterocycles. The lowest BCUT2D eigenvalue weighted by atomic mass is 10.0. The molecule has 1 atom stereocenters. The first-order valence-corrected chi connectivity index (χ1v) is 11.7. The van der Waals surface area contributed by atoms with Gasteiger partial charge in [0.1, 0.15) is 17.4 Å². The molecule has 6 nitrogen and oxygen atoms in total. The number of ether oxygens (including phenoxy) is 1. The fourth-order valence-electron chi connectivity index (χ4n) is 3.27. The number of halogens is 3. The van der Waals surface area contributed by atoms with Gasteiger partial charge in [0.2, 0.25) is 5.91 Å². The summed E-state index contributed by atoms with van der Waals surface area (Å²) in [6.45, 7) is 1.83. The van der Waals surface area contributed by atoms with Crippen molar-refractivity contribution in [1.82, 2.24) is 4.98 Å². The molecule has 2 aromatic carbocycles. The number of hydrogen-bond donors (Lipinski definition) is 1. The second-order valence-electron chi connectivity index (χ2n) is 7.51. The van der Waals surface area contributed by atoms with Gasteiger partial charge in [-0.15, -0.1) is 13.2 Å². The molecule has 0 aliphatic heterocycles. The number of para-hydroxylation sites is 1. The van der Waals surface area contributed by atoms with E-state index in [-0.39, 0.29) is 29.5 Å². The summed E-state index contributed by atoms with van der Waals surface area (Å²) in [5.41, 5.74) is 1.39. The van der Waals surface area contributed by atoms with Crippen molar-refractivity contribution in [2.24, 2.45) is 0 Å². The van der Waals surface area contributed by atoms with Crippen LogP contribution in [-0.2, 0) is 22.0 Å². The Kier molecular flexibility index (Phi) is 7.93. The van der Waals surface area contributed by atoms with Crippen molar-refractivity contribution in [2.75, 3.05) is 30.1 Å². The van der Waals surface area contributed by atoms with E-state index in [0.29, 0.717) is 22.0 Å². The summed E-state index contributed by atoms with van der Waals surface area (Å²) in [5, 5.41) is 2.72. The van der Waals surface area contributed by atoms with Gasteiger partial charge in [0.25, 0.3) is 0 Å². The van der Waals surface area contributed by atoms with Gasteiger partial charge < -0.3 is 15.0 Å². The van der Waals surface area contributed by atoms with E-state index in [1.54, 1.807) is 55.4 Å². The summed E-state index contributed by atoms with van der Waals surface area (Å²) in [5.74, 6) is 0.486. The minimum Gasteiger partial charge on any atom is -0.405 e. The molecule has 0 saturated heterocycles. The maximum absolute atomic E-state index is 12.9. The van der Waals surface area contributed by atoms with Crippen LogP contribution in [0.15, 0.2) is 65.6 Å². The van der Waals surface area contributed by atoms with Crippen LogP contribution in [0.2, 0.25) is 0 Å². The fourth-order valence-corrected chi connectivity index (χ4v) is 4.04. The van der Waals surface area contributed by atoms with Gasteiger partial charge in [-0.25, -0.2) is 4.98 Å². The summed E-state index contributed by atoms with van der Waals surface area (Å²) in [6, 6.07) is 15.9. The van der Waals surface area contributed by atoms with Crippen LogP contribution in [0, 0.1) is 0 Å². The molecule has 180 valence electrons. The fraction of sp³-hybridized carbons (Fsp3) is 0.250. The van der Waals surface area contributed by atoms with Gasteiger partial charge in [0.15, 0.2) is 0 Å². The summed E-state index contributed by atoms with van der Waals surface area (Å²) in [4.78, 5) is 19.3. The summed E-state index contributed by atoms with van der Waals surface area (Å²) in [6.07, 6.45) is -4.75. The van der Waals surface area contributed by atoms with Crippen LogP contribution in [0.4, 0.5) is 24.8 Å². The predicted molar refractivity (Wildman–Crippen MR) is 126 cm³/mol. The highest BCUT2D eigenvalue weighted by Gasteiger charge is 2.32. The van der Waals surface area contributed by atoms with Crippen molar-refractivity contribution in [3.05, 3.63) is 66.2 Å². The molecule has 0 radical (unpaired) electrons. The van der Waals surface area contributed by atoms with Gasteiger partial charge in [0, 0.05) is 35.9 Å². The zero-order valence-corrected chi connectivity index (χ0v) is 19.7. The first kappa shape index (κ1) is 25.2. The average molecular weight is 492 g/mol. The third kappa shape index (κ3) is 6.57. The zero-order chi connectivity index (χ0) is 24.9. The van der Waals surface area contributed by atoms with E-state index in [4.69, 9.17) is 0 Å². The Labute approximate surface area is 198 Å². The molecule has 0 fully saturated rings. The van der Waals surface area contributed by atoms with Crippen LogP contribution in [0.25, 0.3) is 11.1 Å². The van der Waals surface area contributed by atoms with Crippen LogP contribution in [0.1, 0.15) is 12.5 Å². The quantitative estimate of drug-likeness (QED) is 0.479. The summed E-state index contributed by atoms with van der Waals surface area (Å²) in [7, 11) is 2.34. The SMILES string of the molecule is CCS(=O)c1ccc(CC(=O)Nc2ccc(-c3ccccc3OC(F)(F)F)c(N(C)C)n2)cc1. The highest BCUT2D eigenvalue weighted by molar-refractivity contribution is 7.85. The number of anilines is 2. The molecular formula is C24H24F3N3O3S. The molecule has 1 unspecified atom stereocenters. The lowest BCUT2D eigenvalue weighted by Gasteiger charge is -2.20. The van der Waals surface area contributed by atoms with E-state index in [1.807, 2.05) is 6.92 Å². The lowest BCUT2D eigenvalue weighted by Crippen LogP contribution is -2.19. The van der Waals surface area contributed by atoms with Gasteiger partial charge >= 0.3 is 6.36 Å². The minimum absolute atomic E-state index is 0.0853. The lowest BCUT2D eigenvalue weighted by molar-refractivity contribution is -0.274. The molecule has 0 aliphatic carbocycles. The number of nitrogens with zero attached hydrogens (tertiary/aromatic N) is 2. The maximum atomic E-state index is 12.9. The Bertz CT molecular complexity index is 1180. The maximum Gasteiger partial charge on any atom is 0.573 e. The van der Waals surface area contributed by atoms with E-state index in [2.05, 4.69) is 15.0 Å². The van der Waals surface area contributed by atoms with Gasteiger partial charge in [-0.2, -0.15) is 0 Å². The monoisotopic (exact) mass is 491 g/mol. The van der Waals surface area contributed by atoms with Crippen molar-refractivity contribution in [3.63, 3.8) is 0 Å². The average Bonchev–Trinajstić information content (AvgIpc) is 2.78. The molecule has 3 rings (SSSR count). The number of benzene rings is 2. The van der Waals surface area contributed by atoms with E-state index in [1.165, 1.54) is 24.3 Å². The summed E-state index contributed by atoms with van der Waals surface area (Å²) >= 11 is 0. The molecule has 0 bridgehead atoms. The molecule has 1 amide bonds. The number of aromatic nitrogens is 1. The Morgan fingerprint density at radius 3 is 2.32 bits per heavy atom. The normalized spacial score (nSPS) is 12.2. The number of rotatable bonds is 8. The van der Waals surface area contributed by atoms with Crippen LogP contribution >= 0.6 is 0 Å². The van der Waals surface area contributed by atoms with Crippen molar-refractivity contribution in [2.45, 2.75) is 24.6 Å². The Balaban J connectivity index is 1.81. The Morgan fingerprint density at radius 2 is 1.71 bits per heavy atom. The molecule has 3 aromatic rings. The molecule has 34 heavy (non-hydrogen) atoms. The first-order valence-electron chi connectivity index (χ1n) is 10.4. The largest absolute Gasteiger partial charge is 0.573 e. The molecule has 10 heteroatoms. The third-order valence-electron chi connectivity index (χ3n) is 4.78. The molecule has 0 spiro atoms. The van der Waals surface area contributed by atoms with E-state index < -0.39 is 17.2 Å². The third-order valence-corrected chi connectivity index (χ3v) is 6.10. The zero-order valence-electron chi connectivity index (χ0n) is 18.8. The van der Waals surface area contributed by atoms with Crippen molar-refractivity contribution in [3.8, 4) is 16.9 Å². The van der Waals surface area contributed by atoms with E-state index in [0.717, 1.165) is 5.56 Å². The number of nitrogens with one attached hydrogen (secondary N) is 1. The number of carbonyl (C=O) groups excluding carboxylic acids is 1. The molecule has 1 heterocycles. The number of alkyl halides is 3. The number of hydrogen-bond acceptors (Lipinski definition) is 5. The second kappa shape index (κ2) is 10.7. The van der Waals surface area contributed by atoms with Crippen molar-refractivity contribution in [1.29, 1.82) is 0 Å². The number of pyridine rings is 1. The standard InChI is InChI=1S/C24H24F3N3O3S/c1-4-34(32)17-11-9-16(10-12-17)15-22(31)28-21-14-13-19(23(29-21)30(2)3)18-7-5-6-8-20(18)33-24(25,26)27/h5-14H,4,15H2,1-3H3,(H,28,29,31). The van der Waals surface area contributed by atoms with Crippen LogP contribution < -0.4 is 15.0 Å². The van der Waals surface area contributed by atoms with Crippen LogP contribution in [0.3, 0.4) is 0 Å². The number of carbonyl (C=O) groups is 1. The molecular weight excluding hydrogens is 467 g/mol. The number of amides is 1. The van der Waals surface area contributed by atoms with Gasteiger partial charge in [-0.3, -0.25) is 9.00 Å². The minimum atomic E-state index is -4.83. The van der Waals surface area contributed by atoms with E-state index >= 15 is 0 Å². The van der Waals surface area contributed by atoms with Crippen molar-refractivity contribution >= 4 is 28.3 Å². The van der Waals surface area contributed by atoms with Crippen LogP contribution in [0.5, 0.6) is 5.75 Å². The summed E-state index contributed by atoms with van der Waals surface area (Å²) < 4.78 is 54.6. The van der Waals surface area contributed by atoms with Gasteiger partial charge in [-0.05, 0) is 35.9 Å². The molecule has 1 N–H and O–H groups in total. The second-order valence-corrected chi connectivity index (χ2v) is 9.25. The predicted octanol–water partition coefficient (Wildman–Crippen LogP) is 5.02. The van der Waals surface area contributed by atoms with E-state index in [9.17, 15) is 22.2 Å². The Hall–Kier alpha value is -3.40. The molecule has 0 saturated carbocycles. The topological polar surface area (TPSA) is 71.5 Å². The van der Waals surface area contributed by atoms with Crippen molar-refractivity contribution < 1.29 is 26.9 Å². The Morgan fingerprint density at radius 1 is 1.03 bits per heavy atom. The first-order chi connectivity index (χ1) is 16.1. The highest BCUT2D eigenvalue weighted by Crippen LogP contribution is 2.38. The van der Waals surface area contributed by atoms with Gasteiger partial charge in [0.05, 0.1) is 17.2 Å². The van der Waals surface area contributed by atoms with Crippen LogP contribution in [-0.4, -0.2) is 41.3 Å².